The van der Waals surface area contributed by atoms with Gasteiger partial charge in [0.25, 0.3) is 0 Å². The first-order valence-corrected chi connectivity index (χ1v) is 8.61. The summed E-state index contributed by atoms with van der Waals surface area (Å²) in [6, 6.07) is 7.64. The molecule has 0 aliphatic rings. The average molecular weight is 384 g/mol. The lowest BCUT2D eigenvalue weighted by Crippen LogP contribution is -2.41. The molecule has 2 aromatic carbocycles. The molecule has 2 aromatic heterocycles. The summed E-state index contributed by atoms with van der Waals surface area (Å²) < 4.78 is 31.1. The molecular formula is C19H18F2N6O. The van der Waals surface area contributed by atoms with Crippen LogP contribution in [0.1, 0.15) is 18.5 Å². The van der Waals surface area contributed by atoms with Crippen LogP contribution in [0.15, 0.2) is 55.2 Å². The maximum Gasteiger partial charge on any atom is 0.137 e. The zero-order valence-electron chi connectivity index (χ0n) is 15.0. The van der Waals surface area contributed by atoms with Gasteiger partial charge in [-0.25, -0.2) is 18.4 Å². The van der Waals surface area contributed by atoms with Gasteiger partial charge in [0.1, 0.15) is 29.9 Å². The van der Waals surface area contributed by atoms with E-state index < -0.39 is 23.3 Å². The molecule has 2 heterocycles. The molecule has 0 unspecified atom stereocenters. The minimum absolute atomic E-state index is 0.0593. The number of hydrogen-bond donors (Lipinski definition) is 2. The smallest absolute Gasteiger partial charge is 0.137 e. The summed E-state index contributed by atoms with van der Waals surface area (Å²) in [6.45, 7) is 1.61. The molecule has 4 rings (SSSR count). The molecule has 7 nitrogen and oxygen atoms in total. The van der Waals surface area contributed by atoms with Crippen LogP contribution < -0.4 is 5.73 Å². The first-order valence-electron chi connectivity index (χ1n) is 8.61. The van der Waals surface area contributed by atoms with Crippen LogP contribution >= 0.6 is 0 Å². The van der Waals surface area contributed by atoms with Crippen molar-refractivity contribution in [2.45, 2.75) is 25.1 Å². The number of aromatic nitrogens is 5. The summed E-state index contributed by atoms with van der Waals surface area (Å²) in [5.41, 5.74) is 5.28. The molecule has 0 aliphatic carbocycles. The monoisotopic (exact) mass is 384 g/mol. The topological polar surface area (TPSA) is 94.8 Å². The number of rotatable bonds is 5. The highest BCUT2D eigenvalue weighted by Gasteiger charge is 2.41. The van der Waals surface area contributed by atoms with Gasteiger partial charge in [-0.1, -0.05) is 6.07 Å². The van der Waals surface area contributed by atoms with Crippen LogP contribution in [0.3, 0.4) is 0 Å². The lowest BCUT2D eigenvalue weighted by atomic mass is 9.86. The van der Waals surface area contributed by atoms with Gasteiger partial charge in [0.2, 0.25) is 0 Å². The molecular weight excluding hydrogens is 366 g/mol. The van der Waals surface area contributed by atoms with E-state index in [0.29, 0.717) is 5.69 Å². The standard InChI is InChI=1S/C19H18F2N6O/c1-12(27-18-5-3-15(22)6-13(18)8-24-27)19(28,9-26-11-23-10-25-26)16-4-2-14(20)7-17(16)21/h2-8,10-12,28H,9,22H2,1H3/t12-,19-/m1/s1. The number of benzene rings is 2. The van der Waals surface area contributed by atoms with E-state index >= 15 is 0 Å². The van der Waals surface area contributed by atoms with Crippen molar-refractivity contribution in [3.63, 3.8) is 0 Å². The van der Waals surface area contributed by atoms with Gasteiger partial charge in [0, 0.05) is 22.7 Å². The number of nitrogen functional groups attached to an aromatic ring is 1. The van der Waals surface area contributed by atoms with Crippen LogP contribution in [0.2, 0.25) is 0 Å². The van der Waals surface area contributed by atoms with Crippen molar-refractivity contribution < 1.29 is 13.9 Å². The molecule has 144 valence electrons. The third kappa shape index (κ3) is 2.99. The molecule has 0 amide bonds. The number of fused-ring (bicyclic) bond motifs is 1. The van der Waals surface area contributed by atoms with Crippen LogP contribution in [0.5, 0.6) is 0 Å². The van der Waals surface area contributed by atoms with Crippen molar-refractivity contribution in [1.82, 2.24) is 24.5 Å². The third-order valence-electron chi connectivity index (χ3n) is 4.94. The normalized spacial score (nSPS) is 14.9. The molecule has 2 atom stereocenters. The lowest BCUT2D eigenvalue weighted by molar-refractivity contribution is -0.0354. The molecule has 3 N–H and O–H groups in total. The van der Waals surface area contributed by atoms with Crippen molar-refractivity contribution in [3.05, 3.63) is 72.4 Å². The lowest BCUT2D eigenvalue weighted by Gasteiger charge is -2.35. The average Bonchev–Trinajstić information content (AvgIpc) is 3.30. The zero-order valence-corrected chi connectivity index (χ0v) is 15.0. The number of aliphatic hydroxyl groups is 1. The fourth-order valence-electron chi connectivity index (χ4n) is 3.43. The molecule has 9 heteroatoms. The third-order valence-corrected chi connectivity index (χ3v) is 4.94. The molecule has 0 radical (unpaired) electrons. The van der Waals surface area contributed by atoms with E-state index in [9.17, 15) is 13.9 Å². The van der Waals surface area contributed by atoms with Gasteiger partial charge in [-0.3, -0.25) is 4.68 Å². The van der Waals surface area contributed by atoms with Gasteiger partial charge < -0.3 is 10.8 Å². The van der Waals surface area contributed by atoms with Crippen LogP contribution in [-0.2, 0) is 12.1 Å². The molecule has 0 fully saturated rings. The Morgan fingerprint density at radius 1 is 1.18 bits per heavy atom. The fourth-order valence-corrected chi connectivity index (χ4v) is 3.43. The summed E-state index contributed by atoms with van der Waals surface area (Å²) in [5.74, 6) is -1.58. The molecule has 0 spiro atoms. The molecule has 4 aromatic rings. The van der Waals surface area contributed by atoms with E-state index in [4.69, 9.17) is 5.73 Å². The highest BCUT2D eigenvalue weighted by Crippen LogP contribution is 2.38. The largest absolute Gasteiger partial charge is 0.399 e. The molecule has 0 saturated heterocycles. The molecule has 28 heavy (non-hydrogen) atoms. The zero-order chi connectivity index (χ0) is 19.9. The molecule has 0 aliphatic heterocycles. The minimum atomic E-state index is -1.79. The minimum Gasteiger partial charge on any atom is -0.399 e. The van der Waals surface area contributed by atoms with E-state index in [1.165, 1.54) is 23.4 Å². The summed E-state index contributed by atoms with van der Waals surface area (Å²) in [4.78, 5) is 3.87. The van der Waals surface area contributed by atoms with E-state index in [1.54, 1.807) is 36.0 Å². The van der Waals surface area contributed by atoms with E-state index in [-0.39, 0.29) is 12.1 Å². The van der Waals surface area contributed by atoms with Gasteiger partial charge in [0.05, 0.1) is 24.3 Å². The number of nitrogens with two attached hydrogens (primary N) is 1. The van der Waals surface area contributed by atoms with Crippen LogP contribution in [0, 0.1) is 11.6 Å². The van der Waals surface area contributed by atoms with Gasteiger partial charge in [-0.15, -0.1) is 0 Å². The van der Waals surface area contributed by atoms with Crippen molar-refractivity contribution in [1.29, 1.82) is 0 Å². The van der Waals surface area contributed by atoms with Gasteiger partial charge in [0.15, 0.2) is 0 Å². The van der Waals surface area contributed by atoms with Gasteiger partial charge in [-0.2, -0.15) is 10.2 Å². The second kappa shape index (κ2) is 6.68. The van der Waals surface area contributed by atoms with Crippen LogP contribution in [0.25, 0.3) is 10.9 Å². The summed E-state index contributed by atoms with van der Waals surface area (Å²) in [6.07, 6.45) is 4.36. The highest BCUT2D eigenvalue weighted by atomic mass is 19.1. The van der Waals surface area contributed by atoms with Crippen LogP contribution in [0.4, 0.5) is 14.5 Å². The number of hydrogen-bond acceptors (Lipinski definition) is 5. The Morgan fingerprint density at radius 3 is 2.71 bits per heavy atom. The van der Waals surface area contributed by atoms with Crippen molar-refractivity contribution in [2.75, 3.05) is 5.73 Å². The van der Waals surface area contributed by atoms with Crippen molar-refractivity contribution in [2.24, 2.45) is 0 Å². The Morgan fingerprint density at radius 2 is 2.00 bits per heavy atom. The van der Waals surface area contributed by atoms with Crippen molar-refractivity contribution >= 4 is 16.6 Å². The summed E-state index contributed by atoms with van der Waals surface area (Å²) >= 11 is 0. The van der Waals surface area contributed by atoms with Gasteiger partial charge in [-0.05, 0) is 31.2 Å². The van der Waals surface area contributed by atoms with E-state index in [2.05, 4.69) is 15.2 Å². The summed E-state index contributed by atoms with van der Waals surface area (Å²) in [5, 5.41) is 20.8. The predicted molar refractivity (Wildman–Crippen MR) is 99.1 cm³/mol. The van der Waals surface area contributed by atoms with Crippen LogP contribution in [-0.4, -0.2) is 29.7 Å². The SMILES string of the molecule is C[C@@H](n1ncc2cc(N)ccc21)[C@](O)(Cn1cncn1)c1ccc(F)cc1F. The van der Waals surface area contributed by atoms with E-state index in [0.717, 1.165) is 23.0 Å². The maximum absolute atomic E-state index is 14.7. The second-order valence-electron chi connectivity index (χ2n) is 6.72. The Balaban J connectivity index is 1.86. The molecule has 0 bridgehead atoms. The Bertz CT molecular complexity index is 1130. The number of anilines is 1. The highest BCUT2D eigenvalue weighted by molar-refractivity contribution is 5.82. The first-order chi connectivity index (χ1) is 13.4. The molecule has 0 saturated carbocycles. The Labute approximate surface area is 159 Å². The fraction of sp³-hybridized carbons (Fsp3) is 0.211. The Hall–Kier alpha value is -3.33. The quantitative estimate of drug-likeness (QED) is 0.516. The predicted octanol–water partition coefficient (Wildman–Crippen LogP) is 2.64. The van der Waals surface area contributed by atoms with Crippen molar-refractivity contribution in [3.8, 4) is 0 Å². The first kappa shape index (κ1) is 18.1. The number of nitrogens with zero attached hydrogens (tertiary/aromatic N) is 5. The number of halogens is 2. The Kier molecular flexibility index (Phi) is 4.31. The maximum atomic E-state index is 14.7. The summed E-state index contributed by atoms with van der Waals surface area (Å²) in [7, 11) is 0. The second-order valence-corrected chi connectivity index (χ2v) is 6.72. The van der Waals surface area contributed by atoms with Gasteiger partial charge >= 0.3 is 0 Å². The van der Waals surface area contributed by atoms with E-state index in [1.807, 2.05) is 0 Å².